The standard InChI is InChI=1S/C25H21FN6O2/c1-32-23(33)25(31-24(32)28,18-4-5-30-20(9-18)11-26)19-7-16(8-22(10-19)34-21-2-3-21)17-6-15(12-27)13-29-14-17/h4-10,13-14,21H,2-3,11H2,1H3,(H2,28,31). The van der Waals surface area contributed by atoms with E-state index in [0.717, 1.165) is 12.8 Å². The van der Waals surface area contributed by atoms with Gasteiger partial charge >= 0.3 is 0 Å². The Morgan fingerprint density at radius 2 is 2.03 bits per heavy atom. The summed E-state index contributed by atoms with van der Waals surface area (Å²) >= 11 is 0. The maximum Gasteiger partial charge on any atom is 0.266 e. The summed E-state index contributed by atoms with van der Waals surface area (Å²) in [5.41, 5.74) is 7.49. The Bertz CT molecular complexity index is 1360. The minimum Gasteiger partial charge on any atom is -0.490 e. The van der Waals surface area contributed by atoms with E-state index >= 15 is 0 Å². The van der Waals surface area contributed by atoms with Crippen LogP contribution in [-0.4, -0.2) is 39.9 Å². The third-order valence-electron chi connectivity index (χ3n) is 5.96. The average Bonchev–Trinajstić information content (AvgIpc) is 3.66. The molecule has 1 fully saturated rings. The van der Waals surface area contributed by atoms with Gasteiger partial charge in [-0.3, -0.25) is 19.7 Å². The molecule has 0 saturated heterocycles. The van der Waals surface area contributed by atoms with Crippen LogP contribution in [0.25, 0.3) is 11.1 Å². The van der Waals surface area contributed by atoms with Gasteiger partial charge in [0.1, 0.15) is 18.5 Å². The van der Waals surface area contributed by atoms with Gasteiger partial charge in [0.05, 0.1) is 17.4 Å². The van der Waals surface area contributed by atoms with E-state index < -0.39 is 12.2 Å². The minimum atomic E-state index is -1.54. The number of aliphatic imine (C=N–C) groups is 1. The molecule has 170 valence electrons. The van der Waals surface area contributed by atoms with Crippen molar-refractivity contribution in [1.82, 2.24) is 14.9 Å². The molecule has 3 aromatic rings. The van der Waals surface area contributed by atoms with Gasteiger partial charge < -0.3 is 10.5 Å². The third kappa shape index (κ3) is 3.63. The fourth-order valence-electron chi connectivity index (χ4n) is 4.04. The molecule has 1 aliphatic heterocycles. The second-order valence-corrected chi connectivity index (χ2v) is 8.35. The van der Waals surface area contributed by atoms with Crippen LogP contribution >= 0.6 is 0 Å². The van der Waals surface area contributed by atoms with E-state index in [1.54, 1.807) is 37.5 Å². The molecule has 0 radical (unpaired) electrons. The van der Waals surface area contributed by atoms with Crippen LogP contribution in [-0.2, 0) is 17.0 Å². The zero-order valence-electron chi connectivity index (χ0n) is 18.4. The number of nitrogens with zero attached hydrogens (tertiary/aromatic N) is 5. The number of halogens is 1. The molecule has 9 heteroatoms. The fraction of sp³-hybridized carbons (Fsp3) is 0.240. The van der Waals surface area contributed by atoms with Crippen molar-refractivity contribution in [2.75, 3.05) is 7.05 Å². The van der Waals surface area contributed by atoms with Crippen molar-refractivity contribution in [3.8, 4) is 22.9 Å². The molecule has 1 unspecified atom stereocenters. The van der Waals surface area contributed by atoms with Gasteiger partial charge in [-0.1, -0.05) is 0 Å². The number of rotatable bonds is 6. The van der Waals surface area contributed by atoms with Gasteiger partial charge in [-0.25, -0.2) is 9.38 Å². The topological polar surface area (TPSA) is 117 Å². The Hall–Kier alpha value is -4.32. The lowest BCUT2D eigenvalue weighted by Gasteiger charge is -2.27. The van der Waals surface area contributed by atoms with Gasteiger partial charge in [-0.05, 0) is 65.9 Å². The molecule has 2 aromatic heterocycles. The number of pyridine rings is 2. The Morgan fingerprint density at radius 3 is 2.71 bits per heavy atom. The number of hydrogen-bond acceptors (Lipinski definition) is 7. The summed E-state index contributed by atoms with van der Waals surface area (Å²) < 4.78 is 19.6. The number of likely N-dealkylation sites (N-methyl/N-ethyl adjacent to an activating group) is 1. The van der Waals surface area contributed by atoms with Crippen molar-refractivity contribution in [3.63, 3.8) is 0 Å². The van der Waals surface area contributed by atoms with Crippen LogP contribution in [0.2, 0.25) is 0 Å². The van der Waals surface area contributed by atoms with Crippen molar-refractivity contribution in [1.29, 1.82) is 5.26 Å². The Kier molecular flexibility index (Phi) is 5.21. The first kappa shape index (κ1) is 21.5. The highest BCUT2D eigenvalue weighted by molar-refractivity contribution is 6.09. The molecule has 34 heavy (non-hydrogen) atoms. The number of carbonyl (C=O) groups is 1. The predicted molar refractivity (Wildman–Crippen MR) is 122 cm³/mol. The van der Waals surface area contributed by atoms with Gasteiger partial charge in [0.25, 0.3) is 5.91 Å². The molecule has 0 spiro atoms. The number of nitriles is 1. The summed E-state index contributed by atoms with van der Waals surface area (Å²) in [5.74, 6) is 0.235. The average molecular weight is 456 g/mol. The number of alkyl halides is 1. The summed E-state index contributed by atoms with van der Waals surface area (Å²) in [6.07, 6.45) is 6.58. The third-order valence-corrected chi connectivity index (χ3v) is 5.96. The van der Waals surface area contributed by atoms with Gasteiger partial charge in [0, 0.05) is 31.2 Å². The smallest absolute Gasteiger partial charge is 0.266 e. The molecule has 8 nitrogen and oxygen atoms in total. The van der Waals surface area contributed by atoms with Gasteiger partial charge in [-0.2, -0.15) is 5.26 Å². The number of nitrogens with two attached hydrogens (primary N) is 1. The van der Waals surface area contributed by atoms with Crippen molar-refractivity contribution in [2.45, 2.75) is 31.2 Å². The number of ether oxygens (including phenoxy) is 1. The first-order valence-electron chi connectivity index (χ1n) is 10.8. The Morgan fingerprint density at radius 1 is 1.21 bits per heavy atom. The summed E-state index contributed by atoms with van der Waals surface area (Å²) in [5, 5.41) is 9.32. The molecule has 1 atom stereocenters. The number of guanidine groups is 1. The highest BCUT2D eigenvalue weighted by atomic mass is 19.1. The lowest BCUT2D eigenvalue weighted by atomic mass is 9.81. The summed E-state index contributed by atoms with van der Waals surface area (Å²) in [6.45, 7) is -0.782. The molecule has 5 rings (SSSR count). The number of amides is 1. The van der Waals surface area contributed by atoms with Crippen molar-refractivity contribution >= 4 is 11.9 Å². The van der Waals surface area contributed by atoms with E-state index in [9.17, 15) is 14.4 Å². The second-order valence-electron chi connectivity index (χ2n) is 8.35. The number of hydrogen-bond donors (Lipinski definition) is 1. The summed E-state index contributed by atoms with van der Waals surface area (Å²) in [6, 6.07) is 12.4. The van der Waals surface area contributed by atoms with Crippen molar-refractivity contribution in [2.24, 2.45) is 10.7 Å². The van der Waals surface area contributed by atoms with Crippen LogP contribution in [0.4, 0.5) is 4.39 Å². The molecule has 3 heterocycles. The minimum absolute atomic E-state index is 0.0480. The lowest BCUT2D eigenvalue weighted by Crippen LogP contribution is -2.41. The monoisotopic (exact) mass is 456 g/mol. The van der Waals surface area contributed by atoms with E-state index in [0.29, 0.717) is 33.6 Å². The molecular weight excluding hydrogens is 435 g/mol. The van der Waals surface area contributed by atoms with Gasteiger partial charge in [0.15, 0.2) is 11.5 Å². The molecule has 2 aliphatic rings. The summed E-state index contributed by atoms with van der Waals surface area (Å²) in [7, 11) is 1.55. The van der Waals surface area contributed by atoms with Gasteiger partial charge in [0.2, 0.25) is 0 Å². The van der Waals surface area contributed by atoms with E-state index in [-0.39, 0.29) is 23.7 Å². The van der Waals surface area contributed by atoms with E-state index in [2.05, 4.69) is 21.0 Å². The van der Waals surface area contributed by atoms with E-state index in [4.69, 9.17) is 10.5 Å². The molecule has 1 aromatic carbocycles. The number of carbonyl (C=O) groups excluding carboxylic acids is 1. The summed E-state index contributed by atoms with van der Waals surface area (Å²) in [4.78, 5) is 27.7. The predicted octanol–water partition coefficient (Wildman–Crippen LogP) is 3.06. The maximum absolute atomic E-state index is 13.7. The number of aromatic nitrogens is 2. The van der Waals surface area contributed by atoms with Crippen LogP contribution < -0.4 is 10.5 Å². The van der Waals surface area contributed by atoms with E-state index in [1.807, 2.05) is 6.07 Å². The quantitative estimate of drug-likeness (QED) is 0.609. The molecule has 1 aliphatic carbocycles. The maximum atomic E-state index is 13.7. The molecular formula is C25H21FN6O2. The lowest BCUT2D eigenvalue weighted by molar-refractivity contribution is -0.129. The van der Waals surface area contributed by atoms with Crippen molar-refractivity contribution < 1.29 is 13.9 Å². The molecule has 0 bridgehead atoms. The van der Waals surface area contributed by atoms with Crippen LogP contribution in [0.1, 0.15) is 35.2 Å². The molecule has 1 saturated carbocycles. The zero-order chi connectivity index (χ0) is 23.9. The molecule has 1 amide bonds. The van der Waals surface area contributed by atoms with Crippen LogP contribution in [0.5, 0.6) is 5.75 Å². The molecule has 2 N–H and O–H groups in total. The highest BCUT2D eigenvalue weighted by Crippen LogP contribution is 2.43. The van der Waals surface area contributed by atoms with E-state index in [1.165, 1.54) is 23.4 Å². The van der Waals surface area contributed by atoms with Crippen molar-refractivity contribution in [3.05, 3.63) is 77.4 Å². The van der Waals surface area contributed by atoms with Crippen LogP contribution in [0.3, 0.4) is 0 Å². The SMILES string of the molecule is CN1C(=O)C(c2cc(OC3CC3)cc(-c3cncc(C#N)c3)c2)(c2ccnc(CF)c2)N=C1N. The van der Waals surface area contributed by atoms with Crippen LogP contribution in [0, 0.1) is 11.3 Å². The normalized spacial score (nSPS) is 19.6. The Labute approximate surface area is 195 Å². The first-order valence-corrected chi connectivity index (χ1v) is 10.8. The fourth-order valence-corrected chi connectivity index (χ4v) is 4.04. The Balaban J connectivity index is 1.75. The zero-order valence-corrected chi connectivity index (χ0v) is 18.4. The number of benzene rings is 1. The second kappa shape index (κ2) is 8.23. The first-order chi connectivity index (χ1) is 16.4. The van der Waals surface area contributed by atoms with Gasteiger partial charge in [-0.15, -0.1) is 0 Å². The highest BCUT2D eigenvalue weighted by Gasteiger charge is 2.50. The largest absolute Gasteiger partial charge is 0.490 e. The van der Waals surface area contributed by atoms with Crippen LogP contribution in [0.15, 0.2) is 60.0 Å².